The zero-order valence-electron chi connectivity index (χ0n) is 31.1. The van der Waals surface area contributed by atoms with Crippen molar-refractivity contribution < 1.29 is 4.57 Å². The zero-order valence-corrected chi connectivity index (χ0v) is 31.1. The van der Waals surface area contributed by atoms with Crippen LogP contribution in [0.15, 0.2) is 12.4 Å². The van der Waals surface area contributed by atoms with Gasteiger partial charge in [-0.1, -0.05) is 207 Å². The van der Waals surface area contributed by atoms with Crippen LogP contribution in [0.2, 0.25) is 0 Å². The molecule has 0 aliphatic rings. The minimum atomic E-state index is 0.619. The van der Waals surface area contributed by atoms with E-state index in [9.17, 15) is 0 Å². The number of nitrogens with zero attached hydrogens (tertiary/aromatic N) is 1. The van der Waals surface area contributed by atoms with E-state index >= 15 is 0 Å². The van der Waals surface area contributed by atoms with Crippen LogP contribution in [0.3, 0.4) is 0 Å². The highest BCUT2D eigenvalue weighted by atomic mass is 15.1. The van der Waals surface area contributed by atoms with Crippen molar-refractivity contribution in [2.45, 2.75) is 252 Å². The maximum atomic E-state index is 3.74. The second-order valence-electron chi connectivity index (χ2n) is 14.7. The maximum absolute atomic E-state index is 3.74. The van der Waals surface area contributed by atoms with E-state index in [0.717, 1.165) is 0 Å². The Balaban J connectivity index is 2.31. The first-order valence-corrected chi connectivity index (χ1v) is 20.8. The van der Waals surface area contributed by atoms with Gasteiger partial charge < -0.3 is 0 Å². The topological polar surface area (TPSA) is 19.7 Å². The Hall–Kier alpha value is -0.790. The molecule has 260 valence electrons. The summed E-state index contributed by atoms with van der Waals surface area (Å²) < 4.78 is 2.64. The molecule has 0 aliphatic carbocycles. The van der Waals surface area contributed by atoms with E-state index < -0.39 is 0 Å². The summed E-state index contributed by atoms with van der Waals surface area (Å²) in [6.07, 6.45) is 51.7. The summed E-state index contributed by atoms with van der Waals surface area (Å²) in [5.41, 5.74) is 0. The standard InChI is InChI=1S/C42H82N2/c1-5-8-11-14-16-18-20-21-22-24-26-28-31-34-37-41(36-33-29-13-10-7-3)42-43-38-39-44(42)40(4)35-32-30-27-25-23-19-17-15-12-9-6-2/h38-41H,5-37H2,1-4H3/p+1. The quantitative estimate of drug-likeness (QED) is 0.0579. The van der Waals surface area contributed by atoms with Crippen molar-refractivity contribution in [3.63, 3.8) is 0 Å². The maximum Gasteiger partial charge on any atom is 0.257 e. The van der Waals surface area contributed by atoms with Crippen LogP contribution in [0.5, 0.6) is 0 Å². The molecule has 1 rings (SSSR count). The molecule has 44 heavy (non-hydrogen) atoms. The molecule has 0 radical (unpaired) electrons. The molecule has 2 nitrogen and oxygen atoms in total. The second-order valence-corrected chi connectivity index (χ2v) is 14.7. The van der Waals surface area contributed by atoms with Crippen LogP contribution < -0.4 is 4.57 Å². The number of imidazole rings is 1. The van der Waals surface area contributed by atoms with Crippen molar-refractivity contribution in [2.24, 2.45) is 0 Å². The van der Waals surface area contributed by atoms with Gasteiger partial charge >= 0.3 is 0 Å². The first kappa shape index (κ1) is 41.2. The van der Waals surface area contributed by atoms with Gasteiger partial charge in [0.05, 0.1) is 12.0 Å². The fourth-order valence-electron chi connectivity index (χ4n) is 7.31. The minimum absolute atomic E-state index is 0.619. The normalized spacial score (nSPS) is 13.1. The van der Waals surface area contributed by atoms with Crippen LogP contribution in [-0.4, -0.2) is 4.98 Å². The van der Waals surface area contributed by atoms with Crippen LogP contribution in [0.4, 0.5) is 0 Å². The Bertz CT molecular complexity index is 679. The highest BCUT2D eigenvalue weighted by Crippen LogP contribution is 2.27. The summed E-state index contributed by atoms with van der Waals surface area (Å²) in [5, 5.41) is 0. The van der Waals surface area contributed by atoms with Gasteiger partial charge in [-0.2, -0.15) is 0 Å². The number of H-pyrrole nitrogens is 1. The van der Waals surface area contributed by atoms with Crippen molar-refractivity contribution in [3.8, 4) is 0 Å². The third-order valence-corrected chi connectivity index (χ3v) is 10.4. The third-order valence-electron chi connectivity index (χ3n) is 10.4. The van der Waals surface area contributed by atoms with E-state index in [-0.39, 0.29) is 0 Å². The molecule has 1 heterocycles. The van der Waals surface area contributed by atoms with Gasteiger partial charge in [0.1, 0.15) is 12.4 Å². The molecule has 2 unspecified atom stereocenters. The monoisotopic (exact) mass is 616 g/mol. The fraction of sp³-hybridized carbons (Fsp3) is 0.929. The number of aromatic nitrogens is 2. The van der Waals surface area contributed by atoms with Crippen LogP contribution in [0, 0.1) is 0 Å². The molecular formula is C42H83N2+. The number of aromatic amines is 1. The first-order chi connectivity index (χ1) is 21.7. The molecule has 2 heteroatoms. The average Bonchev–Trinajstić information content (AvgIpc) is 3.52. The third kappa shape index (κ3) is 23.5. The Morgan fingerprint density at radius 3 is 1.07 bits per heavy atom. The largest absolute Gasteiger partial charge is 0.257 e. The van der Waals surface area contributed by atoms with E-state index in [4.69, 9.17) is 0 Å². The summed E-state index contributed by atoms with van der Waals surface area (Å²) in [6.45, 7) is 9.42. The lowest BCUT2D eigenvalue weighted by atomic mass is 9.93. The molecule has 1 N–H and O–H groups in total. The van der Waals surface area contributed by atoms with Gasteiger partial charge in [-0.05, 0) is 32.6 Å². The summed E-state index contributed by atoms with van der Waals surface area (Å²) >= 11 is 0. The van der Waals surface area contributed by atoms with Gasteiger partial charge in [-0.25, -0.2) is 9.55 Å². The molecule has 1 aromatic heterocycles. The predicted molar refractivity (Wildman–Crippen MR) is 198 cm³/mol. The van der Waals surface area contributed by atoms with Crippen molar-refractivity contribution in [3.05, 3.63) is 18.2 Å². The van der Waals surface area contributed by atoms with Crippen LogP contribution in [0.1, 0.15) is 257 Å². The smallest absolute Gasteiger partial charge is 0.247 e. The highest BCUT2D eigenvalue weighted by molar-refractivity contribution is 4.90. The van der Waals surface area contributed by atoms with Crippen LogP contribution >= 0.6 is 0 Å². The molecule has 0 saturated carbocycles. The summed E-state index contributed by atoms with van der Waals surface area (Å²) in [6, 6.07) is 0.619. The van der Waals surface area contributed by atoms with Gasteiger partial charge in [-0.15, -0.1) is 0 Å². The Kier molecular flexibility index (Phi) is 30.1. The summed E-state index contributed by atoms with van der Waals surface area (Å²) in [7, 11) is 0. The lowest BCUT2D eigenvalue weighted by molar-refractivity contribution is -0.727. The molecule has 0 aromatic carbocycles. The molecule has 0 bridgehead atoms. The average molecular weight is 616 g/mol. The number of rotatable bonds is 35. The predicted octanol–water partition coefficient (Wildman–Crippen LogP) is 14.9. The minimum Gasteiger partial charge on any atom is -0.247 e. The van der Waals surface area contributed by atoms with Crippen molar-refractivity contribution in [2.75, 3.05) is 0 Å². The Labute approximate surface area is 278 Å². The number of hydrogen-bond acceptors (Lipinski definition) is 0. The van der Waals surface area contributed by atoms with Gasteiger partial charge in [-0.3, -0.25) is 0 Å². The number of nitrogens with one attached hydrogen (secondary N) is 1. The molecular weight excluding hydrogens is 532 g/mol. The van der Waals surface area contributed by atoms with E-state index in [1.165, 1.54) is 218 Å². The van der Waals surface area contributed by atoms with Gasteiger partial charge in [0.25, 0.3) is 5.82 Å². The van der Waals surface area contributed by atoms with E-state index in [1.807, 2.05) is 0 Å². The van der Waals surface area contributed by atoms with Crippen molar-refractivity contribution >= 4 is 0 Å². The molecule has 0 fully saturated rings. The lowest BCUT2D eigenvalue weighted by Crippen LogP contribution is -2.41. The van der Waals surface area contributed by atoms with Crippen LogP contribution in [-0.2, 0) is 0 Å². The molecule has 0 amide bonds. The number of unbranched alkanes of at least 4 members (excludes halogenated alkanes) is 27. The molecule has 0 saturated heterocycles. The lowest BCUT2D eigenvalue weighted by Gasteiger charge is -2.17. The highest BCUT2D eigenvalue weighted by Gasteiger charge is 2.25. The van der Waals surface area contributed by atoms with Gasteiger partial charge in [0, 0.05) is 0 Å². The molecule has 0 aliphatic heterocycles. The van der Waals surface area contributed by atoms with Crippen molar-refractivity contribution in [1.82, 2.24) is 4.98 Å². The Morgan fingerprint density at radius 2 is 0.727 bits per heavy atom. The second kappa shape index (κ2) is 32.2. The summed E-state index contributed by atoms with van der Waals surface area (Å²) in [5.74, 6) is 2.24. The zero-order chi connectivity index (χ0) is 31.8. The first-order valence-electron chi connectivity index (χ1n) is 20.8. The molecule has 0 spiro atoms. The number of hydrogen-bond donors (Lipinski definition) is 1. The fourth-order valence-corrected chi connectivity index (χ4v) is 7.31. The summed E-state index contributed by atoms with van der Waals surface area (Å²) in [4.78, 5) is 3.74. The SMILES string of the molecule is CCCCCCCCCCCCCCCCC(CCCCCCC)c1[nH]cc[n+]1C(C)CCCCCCCCCCCCC. The van der Waals surface area contributed by atoms with Crippen LogP contribution in [0.25, 0.3) is 0 Å². The molecule has 2 atom stereocenters. The van der Waals surface area contributed by atoms with E-state index in [0.29, 0.717) is 12.0 Å². The van der Waals surface area contributed by atoms with Gasteiger partial charge in [0.2, 0.25) is 0 Å². The van der Waals surface area contributed by atoms with E-state index in [2.05, 4.69) is 49.6 Å². The van der Waals surface area contributed by atoms with E-state index in [1.54, 1.807) is 0 Å². The van der Waals surface area contributed by atoms with Crippen molar-refractivity contribution in [1.29, 1.82) is 0 Å². The Morgan fingerprint density at radius 1 is 0.432 bits per heavy atom. The molecule has 1 aromatic rings. The van der Waals surface area contributed by atoms with Gasteiger partial charge in [0.15, 0.2) is 0 Å².